The Kier molecular flexibility index (Phi) is 1.69. The van der Waals surface area contributed by atoms with Gasteiger partial charge in [0.1, 0.15) is 17.0 Å². The highest BCUT2D eigenvalue weighted by molar-refractivity contribution is 9.10. The molecule has 1 N–H and O–H groups in total. The van der Waals surface area contributed by atoms with E-state index < -0.39 is 0 Å². The van der Waals surface area contributed by atoms with Crippen LogP contribution in [0, 0.1) is 0 Å². The van der Waals surface area contributed by atoms with Gasteiger partial charge in [-0.3, -0.25) is 0 Å². The first kappa shape index (κ1) is 6.91. The van der Waals surface area contributed by atoms with E-state index in [1.807, 2.05) is 6.07 Å². The van der Waals surface area contributed by atoms with Crippen LogP contribution >= 0.6 is 15.9 Å². The van der Waals surface area contributed by atoms with Crippen LogP contribution in [0.1, 0.15) is 0 Å². The maximum atomic E-state index is 5.37. The van der Waals surface area contributed by atoms with Crippen molar-refractivity contribution in [1.29, 1.82) is 0 Å². The van der Waals surface area contributed by atoms with Crippen molar-refractivity contribution in [2.75, 3.05) is 18.5 Å². The van der Waals surface area contributed by atoms with E-state index in [1.54, 1.807) is 6.20 Å². The van der Waals surface area contributed by atoms with Crippen molar-refractivity contribution >= 4 is 21.6 Å². The summed E-state index contributed by atoms with van der Waals surface area (Å²) >= 11 is 3.27. The summed E-state index contributed by atoms with van der Waals surface area (Å²) in [4.78, 5) is 4.07. The van der Waals surface area contributed by atoms with E-state index in [0.29, 0.717) is 0 Å². The molecule has 4 heteroatoms. The minimum absolute atomic E-state index is 0.726. The van der Waals surface area contributed by atoms with Gasteiger partial charge in [0.05, 0.1) is 11.9 Å². The van der Waals surface area contributed by atoms with Crippen molar-refractivity contribution in [1.82, 2.24) is 4.98 Å². The molecule has 0 atom stereocenters. The Balaban J connectivity index is 2.43. The molecule has 1 aromatic rings. The monoisotopic (exact) mass is 214 g/mol. The van der Waals surface area contributed by atoms with Crippen LogP contribution in [0.4, 0.5) is 5.69 Å². The largest absolute Gasteiger partial charge is 0.489 e. The highest BCUT2D eigenvalue weighted by Crippen LogP contribution is 2.27. The Bertz CT molecular complexity index is 277. The zero-order chi connectivity index (χ0) is 7.68. The molecule has 11 heavy (non-hydrogen) atoms. The molecule has 1 aromatic heterocycles. The maximum Gasteiger partial charge on any atom is 0.146 e. The molecule has 0 radical (unpaired) electrons. The number of hydrogen-bond acceptors (Lipinski definition) is 3. The van der Waals surface area contributed by atoms with Gasteiger partial charge in [-0.1, -0.05) is 0 Å². The fourth-order valence-corrected chi connectivity index (χ4v) is 1.32. The van der Waals surface area contributed by atoms with E-state index in [-0.39, 0.29) is 0 Å². The van der Waals surface area contributed by atoms with Crippen molar-refractivity contribution in [3.05, 3.63) is 16.9 Å². The topological polar surface area (TPSA) is 34.2 Å². The zero-order valence-electron chi connectivity index (χ0n) is 5.80. The molecule has 0 unspecified atom stereocenters. The Labute approximate surface area is 72.9 Å². The van der Waals surface area contributed by atoms with E-state index in [1.165, 1.54) is 0 Å². The average molecular weight is 215 g/mol. The highest BCUT2D eigenvalue weighted by Gasteiger charge is 2.08. The molecule has 3 nitrogen and oxygen atoms in total. The first-order chi connectivity index (χ1) is 5.36. The molecule has 0 saturated heterocycles. The smallest absolute Gasteiger partial charge is 0.146 e. The Morgan fingerprint density at radius 2 is 2.55 bits per heavy atom. The predicted molar refractivity (Wildman–Crippen MR) is 45.9 cm³/mol. The number of halogens is 1. The van der Waals surface area contributed by atoms with Gasteiger partial charge in [-0.25, -0.2) is 4.98 Å². The number of nitrogens with one attached hydrogen (secondary N) is 1. The maximum absolute atomic E-state index is 5.37. The summed E-state index contributed by atoms with van der Waals surface area (Å²) in [5.74, 6) is 0.873. The number of rotatable bonds is 0. The molecule has 0 spiro atoms. The average Bonchev–Trinajstić information content (AvgIpc) is 2.04. The summed E-state index contributed by atoms with van der Waals surface area (Å²) in [7, 11) is 0. The summed E-state index contributed by atoms with van der Waals surface area (Å²) < 4.78 is 6.18. The summed E-state index contributed by atoms with van der Waals surface area (Å²) in [6, 6.07) is 1.86. The minimum atomic E-state index is 0.726. The molecule has 58 valence electrons. The standard InChI is InChI=1S/C7H7BrN2O/c8-7-3-6-5(4-10-7)9-1-2-11-6/h3-4,9H,1-2H2. The number of nitrogens with zero attached hydrogens (tertiary/aromatic N) is 1. The molecule has 2 heterocycles. The fraction of sp³-hybridized carbons (Fsp3) is 0.286. The molecule has 0 saturated carbocycles. The van der Waals surface area contributed by atoms with E-state index in [9.17, 15) is 0 Å². The second-order valence-electron chi connectivity index (χ2n) is 2.28. The van der Waals surface area contributed by atoms with E-state index >= 15 is 0 Å². The second-order valence-corrected chi connectivity index (χ2v) is 3.09. The van der Waals surface area contributed by atoms with Gasteiger partial charge in [-0.15, -0.1) is 0 Å². The summed E-state index contributed by atoms with van der Waals surface area (Å²) in [5.41, 5.74) is 0.972. The molecule has 0 bridgehead atoms. The van der Waals surface area contributed by atoms with Crippen LogP contribution in [-0.4, -0.2) is 18.1 Å². The van der Waals surface area contributed by atoms with Crippen LogP contribution < -0.4 is 10.1 Å². The zero-order valence-corrected chi connectivity index (χ0v) is 7.39. The molecule has 0 fully saturated rings. The molecule has 1 aliphatic rings. The van der Waals surface area contributed by atoms with Gasteiger partial charge in [0.2, 0.25) is 0 Å². The first-order valence-corrected chi connectivity index (χ1v) is 4.18. The van der Waals surface area contributed by atoms with E-state index in [0.717, 1.165) is 29.2 Å². The van der Waals surface area contributed by atoms with Crippen LogP contribution in [0.2, 0.25) is 0 Å². The lowest BCUT2D eigenvalue weighted by Crippen LogP contribution is -2.18. The van der Waals surface area contributed by atoms with Gasteiger partial charge in [0.15, 0.2) is 0 Å². The van der Waals surface area contributed by atoms with Crippen LogP contribution in [0.3, 0.4) is 0 Å². The molecule has 1 aliphatic heterocycles. The fourth-order valence-electron chi connectivity index (χ4n) is 1.01. The number of hydrogen-bond donors (Lipinski definition) is 1. The number of anilines is 1. The molecule has 2 rings (SSSR count). The summed E-state index contributed by atoms with van der Waals surface area (Å²) in [6.45, 7) is 1.58. The van der Waals surface area contributed by atoms with Crippen LogP contribution in [0.25, 0.3) is 0 Å². The van der Waals surface area contributed by atoms with Crippen molar-refractivity contribution in [3.63, 3.8) is 0 Å². The lowest BCUT2D eigenvalue weighted by molar-refractivity contribution is 0.322. The third-order valence-corrected chi connectivity index (χ3v) is 1.94. The number of fused-ring (bicyclic) bond motifs is 1. The SMILES string of the molecule is Brc1cc2c(cn1)NCCO2. The lowest BCUT2D eigenvalue weighted by Gasteiger charge is -2.18. The van der Waals surface area contributed by atoms with E-state index in [4.69, 9.17) is 4.74 Å². The Morgan fingerprint density at radius 3 is 3.45 bits per heavy atom. The van der Waals surface area contributed by atoms with Crippen LogP contribution in [0.15, 0.2) is 16.9 Å². The van der Waals surface area contributed by atoms with Crippen LogP contribution in [0.5, 0.6) is 5.75 Å². The molecular weight excluding hydrogens is 208 g/mol. The summed E-state index contributed by atoms with van der Waals surface area (Å²) in [6.07, 6.45) is 1.76. The first-order valence-electron chi connectivity index (χ1n) is 3.38. The Morgan fingerprint density at radius 1 is 1.64 bits per heavy atom. The Hall–Kier alpha value is -0.770. The van der Waals surface area contributed by atoms with Gasteiger partial charge in [0.25, 0.3) is 0 Å². The van der Waals surface area contributed by atoms with Gasteiger partial charge in [-0.05, 0) is 15.9 Å². The van der Waals surface area contributed by atoms with E-state index in [2.05, 4.69) is 26.2 Å². The van der Waals surface area contributed by atoms with Crippen molar-refractivity contribution in [2.45, 2.75) is 0 Å². The third kappa shape index (κ3) is 1.30. The van der Waals surface area contributed by atoms with Gasteiger partial charge < -0.3 is 10.1 Å². The number of aromatic nitrogens is 1. The summed E-state index contributed by atoms with van der Waals surface area (Å²) in [5, 5.41) is 3.18. The van der Waals surface area contributed by atoms with Crippen molar-refractivity contribution in [3.8, 4) is 5.75 Å². The molecule has 0 aromatic carbocycles. The number of pyridine rings is 1. The molecular formula is C7H7BrN2O. The molecule has 0 amide bonds. The molecule has 0 aliphatic carbocycles. The van der Waals surface area contributed by atoms with Crippen LogP contribution in [-0.2, 0) is 0 Å². The second kappa shape index (κ2) is 2.70. The lowest BCUT2D eigenvalue weighted by atomic mass is 10.3. The van der Waals surface area contributed by atoms with Gasteiger partial charge in [-0.2, -0.15) is 0 Å². The quantitative estimate of drug-likeness (QED) is 0.668. The third-order valence-electron chi connectivity index (χ3n) is 1.51. The van der Waals surface area contributed by atoms with Crippen molar-refractivity contribution < 1.29 is 4.74 Å². The normalized spacial score (nSPS) is 14.6. The van der Waals surface area contributed by atoms with Gasteiger partial charge >= 0.3 is 0 Å². The van der Waals surface area contributed by atoms with Crippen molar-refractivity contribution in [2.24, 2.45) is 0 Å². The predicted octanol–water partition coefficient (Wildman–Crippen LogP) is 1.65. The highest BCUT2D eigenvalue weighted by atomic mass is 79.9. The van der Waals surface area contributed by atoms with Gasteiger partial charge in [0, 0.05) is 12.6 Å². The number of ether oxygens (including phenoxy) is 1. The minimum Gasteiger partial charge on any atom is -0.489 e.